The first-order chi connectivity index (χ1) is 6.66. The Balaban J connectivity index is 0. The van der Waals surface area contributed by atoms with Crippen LogP contribution in [0.3, 0.4) is 0 Å². The molecule has 0 aliphatic carbocycles. The molecule has 0 radical (unpaired) electrons. The summed E-state index contributed by atoms with van der Waals surface area (Å²) in [5.41, 5.74) is 10.0. The summed E-state index contributed by atoms with van der Waals surface area (Å²) in [6.07, 6.45) is 1.11. The number of thiocarbonyl (C=S) groups is 1. The van der Waals surface area contributed by atoms with Crippen molar-refractivity contribution < 1.29 is 34.3 Å². The quantitative estimate of drug-likeness (QED) is 0.311. The molecular weight excluding hydrogens is 241 g/mol. The fourth-order valence-electron chi connectivity index (χ4n) is 1.14. The summed E-state index contributed by atoms with van der Waals surface area (Å²) in [4.78, 5) is 2.40. The molecule has 4 nitrogen and oxygen atoms in total. The molecule has 0 amide bonds. The smallest absolute Gasteiger partial charge is 0.415 e. The van der Waals surface area contributed by atoms with E-state index in [0.717, 1.165) is 45.8 Å². The molecule has 7 heteroatoms. The van der Waals surface area contributed by atoms with Crippen LogP contribution in [0.2, 0.25) is 0 Å². The van der Waals surface area contributed by atoms with Crippen LogP contribution in [-0.2, 0) is 17.4 Å². The van der Waals surface area contributed by atoms with Crippen LogP contribution < -0.4 is 41.0 Å². The summed E-state index contributed by atoms with van der Waals surface area (Å²) in [7, 11) is 0. The molecule has 1 aliphatic heterocycles. The van der Waals surface area contributed by atoms with Crippen molar-refractivity contribution in [3.05, 3.63) is 0 Å². The minimum absolute atomic E-state index is 0. The van der Waals surface area contributed by atoms with Gasteiger partial charge in [-0.05, 0) is 19.5 Å². The fraction of sp³-hybridized carbons (Fsp3) is 0.875. The second-order valence-electron chi connectivity index (χ2n) is 2.92. The molecule has 0 aromatic heterocycles. The van der Waals surface area contributed by atoms with E-state index < -0.39 is 0 Å². The number of rotatable bonds is 3. The van der Waals surface area contributed by atoms with Crippen molar-refractivity contribution in [2.75, 3.05) is 39.4 Å². The molecule has 1 saturated heterocycles. The number of hydrogen-bond donors (Lipinski definition) is 2. The molecule has 84 valence electrons. The fourth-order valence-corrected chi connectivity index (χ4v) is 1.14. The average Bonchev–Trinajstić information content (AvgIpc) is 2.15. The molecular formula is C8H18N3NaOS2. The standard InChI is InChI=1S/C7H16N2O.CH3NS2.Na/c8-2-1-3-9-4-6-10-7-5-9;2-1(3)4;/h1-8H2;(H3,2,3,4);/q;;+1/p-1. The topological polar surface area (TPSA) is 64.5 Å². The largest absolute Gasteiger partial charge is 1.00 e. The van der Waals surface area contributed by atoms with Crippen LogP contribution in [0.5, 0.6) is 0 Å². The van der Waals surface area contributed by atoms with Gasteiger partial charge in [0, 0.05) is 13.1 Å². The van der Waals surface area contributed by atoms with Crippen LogP contribution >= 0.6 is 12.2 Å². The third-order valence-corrected chi connectivity index (χ3v) is 1.78. The zero-order valence-electron chi connectivity index (χ0n) is 9.28. The molecule has 15 heavy (non-hydrogen) atoms. The van der Waals surface area contributed by atoms with Crippen LogP contribution in [0.1, 0.15) is 6.42 Å². The van der Waals surface area contributed by atoms with E-state index in [9.17, 15) is 0 Å². The molecule has 1 aliphatic rings. The van der Waals surface area contributed by atoms with Gasteiger partial charge in [0.1, 0.15) is 0 Å². The van der Waals surface area contributed by atoms with E-state index in [1.54, 1.807) is 0 Å². The van der Waals surface area contributed by atoms with Gasteiger partial charge in [-0.2, -0.15) is 0 Å². The Morgan fingerprint density at radius 3 is 2.27 bits per heavy atom. The second kappa shape index (κ2) is 13.1. The van der Waals surface area contributed by atoms with E-state index in [0.29, 0.717) is 0 Å². The van der Waals surface area contributed by atoms with Crippen molar-refractivity contribution in [2.45, 2.75) is 6.42 Å². The summed E-state index contributed by atoms with van der Waals surface area (Å²) < 4.78 is 5.29. The summed E-state index contributed by atoms with van der Waals surface area (Å²) in [6.45, 7) is 5.90. The van der Waals surface area contributed by atoms with Gasteiger partial charge in [0.15, 0.2) is 0 Å². The van der Waals surface area contributed by atoms with E-state index in [-0.39, 0.29) is 33.9 Å². The normalized spacial score (nSPS) is 15.8. The van der Waals surface area contributed by atoms with Crippen LogP contribution in [0.4, 0.5) is 0 Å². The van der Waals surface area contributed by atoms with E-state index in [1.807, 2.05) is 0 Å². The number of nitrogens with two attached hydrogens (primary N) is 2. The van der Waals surface area contributed by atoms with Gasteiger partial charge in [-0.25, -0.2) is 0 Å². The summed E-state index contributed by atoms with van der Waals surface area (Å²) in [6, 6.07) is 0. The molecule has 1 fully saturated rings. The molecule has 1 rings (SSSR count). The van der Waals surface area contributed by atoms with Gasteiger partial charge >= 0.3 is 29.6 Å². The van der Waals surface area contributed by atoms with Gasteiger partial charge in [0.2, 0.25) is 0 Å². The SMILES string of the molecule is NC(=S)[S-].NCCCN1CCOCC1.[Na+]. The van der Waals surface area contributed by atoms with Gasteiger partial charge in [-0.15, -0.1) is 0 Å². The number of morpholine rings is 1. The summed E-state index contributed by atoms with van der Waals surface area (Å²) in [5.74, 6) is 0. The van der Waals surface area contributed by atoms with Crippen molar-refractivity contribution in [3.8, 4) is 0 Å². The zero-order valence-corrected chi connectivity index (χ0v) is 12.9. The van der Waals surface area contributed by atoms with Gasteiger partial charge in [-0.3, -0.25) is 4.90 Å². The Hall–Kier alpha value is 0.990. The van der Waals surface area contributed by atoms with Gasteiger partial charge in [0.05, 0.1) is 13.2 Å². The molecule has 0 unspecified atom stereocenters. The molecule has 1 heterocycles. The minimum atomic E-state index is 0. The number of nitrogens with zero attached hydrogens (tertiary/aromatic N) is 1. The van der Waals surface area contributed by atoms with Crippen LogP contribution in [0.25, 0.3) is 0 Å². The zero-order chi connectivity index (χ0) is 10.8. The molecule has 0 spiro atoms. The molecule has 0 bridgehead atoms. The molecule has 0 saturated carbocycles. The minimum Gasteiger partial charge on any atom is -0.415 e. The van der Waals surface area contributed by atoms with Crippen LogP contribution in [0, 0.1) is 0 Å². The Morgan fingerprint density at radius 1 is 1.40 bits per heavy atom. The maximum atomic E-state index is 5.39. The maximum absolute atomic E-state index is 5.39. The van der Waals surface area contributed by atoms with Crippen molar-refractivity contribution in [3.63, 3.8) is 0 Å². The number of ether oxygens (including phenoxy) is 1. The maximum Gasteiger partial charge on any atom is 1.00 e. The van der Waals surface area contributed by atoms with E-state index >= 15 is 0 Å². The van der Waals surface area contributed by atoms with Crippen molar-refractivity contribution in [2.24, 2.45) is 11.5 Å². The van der Waals surface area contributed by atoms with Gasteiger partial charge < -0.3 is 41.1 Å². The second-order valence-corrected chi connectivity index (χ2v) is 4.05. The van der Waals surface area contributed by atoms with Crippen LogP contribution in [-0.4, -0.2) is 48.6 Å². The van der Waals surface area contributed by atoms with Crippen molar-refractivity contribution in [1.29, 1.82) is 0 Å². The first kappa shape index (κ1) is 18.4. The first-order valence-corrected chi connectivity index (χ1v) is 5.45. The molecule has 0 aromatic carbocycles. The molecule has 4 N–H and O–H groups in total. The number of hydrogen-bond acceptors (Lipinski definition) is 5. The predicted molar refractivity (Wildman–Crippen MR) is 65.1 cm³/mol. The van der Waals surface area contributed by atoms with Crippen molar-refractivity contribution in [1.82, 2.24) is 4.90 Å². The van der Waals surface area contributed by atoms with Gasteiger partial charge in [-0.1, -0.05) is 4.32 Å². The summed E-state index contributed by atoms with van der Waals surface area (Å²) >= 11 is 8.26. The molecule has 0 atom stereocenters. The average molecular weight is 259 g/mol. The summed E-state index contributed by atoms with van der Waals surface area (Å²) in [5, 5.41) is 0. The monoisotopic (exact) mass is 259 g/mol. The van der Waals surface area contributed by atoms with Crippen LogP contribution in [0.15, 0.2) is 0 Å². The van der Waals surface area contributed by atoms with Gasteiger partial charge in [0.25, 0.3) is 0 Å². The van der Waals surface area contributed by atoms with E-state index in [2.05, 4.69) is 35.5 Å². The predicted octanol–water partition coefficient (Wildman–Crippen LogP) is -3.55. The molecule has 0 aromatic rings. The first-order valence-electron chi connectivity index (χ1n) is 4.63. The Bertz CT molecular complexity index is 153. The Kier molecular flexibility index (Phi) is 16.0. The van der Waals surface area contributed by atoms with E-state index in [1.165, 1.54) is 0 Å². The van der Waals surface area contributed by atoms with E-state index in [4.69, 9.17) is 10.5 Å². The third-order valence-electron chi connectivity index (χ3n) is 1.78. The Labute approximate surface area is 125 Å². The third kappa shape index (κ3) is 15.0. The van der Waals surface area contributed by atoms with Crippen molar-refractivity contribution >= 4 is 29.2 Å². The Morgan fingerprint density at radius 2 is 1.87 bits per heavy atom.